The maximum absolute atomic E-state index is 12.5. The molecule has 2 aliphatic carbocycles. The number of aromatic nitrogens is 4. The first kappa shape index (κ1) is 17.1. The molecule has 0 radical (unpaired) electrons. The highest BCUT2D eigenvalue weighted by Crippen LogP contribution is 2.53. The van der Waals surface area contributed by atoms with Crippen molar-refractivity contribution >= 4 is 11.9 Å². The predicted octanol–water partition coefficient (Wildman–Crippen LogP) is 3.05. The number of carbonyl (C=O) groups excluding carboxylic acids is 1. The van der Waals surface area contributed by atoms with Crippen LogP contribution in [0, 0.1) is 5.41 Å². The molecule has 2 N–H and O–H groups in total. The Hall–Kier alpha value is -2.38. The second-order valence-corrected chi connectivity index (χ2v) is 7.68. The zero-order valence-electron chi connectivity index (χ0n) is 15.1. The lowest BCUT2D eigenvalue weighted by Crippen LogP contribution is -2.45. The number of nitrogens with one attached hydrogen (secondary N) is 2. The van der Waals surface area contributed by atoms with E-state index < -0.39 is 0 Å². The largest absolute Gasteiger partial charge is 0.408 e. The van der Waals surface area contributed by atoms with Crippen LogP contribution >= 0.6 is 0 Å². The number of likely N-dealkylation sites (tertiary alicyclic amines) is 1. The second-order valence-electron chi connectivity index (χ2n) is 7.68. The first-order valence-corrected chi connectivity index (χ1v) is 9.48. The van der Waals surface area contributed by atoms with Gasteiger partial charge >= 0.3 is 6.01 Å². The molecule has 3 fully saturated rings. The molecule has 8 heteroatoms. The van der Waals surface area contributed by atoms with Gasteiger partial charge in [0.2, 0.25) is 11.8 Å². The Morgan fingerprint density at radius 2 is 2.12 bits per heavy atom. The molecular weight excluding hydrogens is 332 g/mol. The van der Waals surface area contributed by atoms with Crippen molar-refractivity contribution in [3.05, 3.63) is 24.4 Å². The lowest BCUT2D eigenvalue weighted by Gasteiger charge is -2.33. The van der Waals surface area contributed by atoms with Crippen molar-refractivity contribution < 1.29 is 12.1 Å². The minimum absolute atomic E-state index is 0. The van der Waals surface area contributed by atoms with Crippen LogP contribution in [0.15, 0.2) is 22.9 Å². The zero-order chi connectivity index (χ0) is 18.0. The number of amides is 1. The van der Waals surface area contributed by atoms with E-state index in [4.69, 9.17) is 4.42 Å². The summed E-state index contributed by atoms with van der Waals surface area (Å²) in [5.74, 6) is 1.28. The highest BCUT2D eigenvalue weighted by molar-refractivity contribution is 5.83. The number of aromatic amines is 1. The molecule has 2 saturated carbocycles. The van der Waals surface area contributed by atoms with E-state index in [1.165, 1.54) is 12.8 Å². The van der Waals surface area contributed by atoms with Gasteiger partial charge in [-0.15, -0.1) is 5.10 Å². The summed E-state index contributed by atoms with van der Waals surface area (Å²) in [5.41, 5.74) is 0.596. The Labute approximate surface area is 155 Å². The van der Waals surface area contributed by atoms with Crippen LogP contribution in [-0.4, -0.2) is 50.3 Å². The van der Waals surface area contributed by atoms with Crippen molar-refractivity contribution in [2.24, 2.45) is 5.41 Å². The van der Waals surface area contributed by atoms with E-state index in [9.17, 15) is 4.79 Å². The molecule has 0 aromatic carbocycles. The van der Waals surface area contributed by atoms with Gasteiger partial charge in [-0.25, -0.2) is 0 Å². The van der Waals surface area contributed by atoms with Crippen molar-refractivity contribution in [2.75, 3.05) is 18.4 Å². The van der Waals surface area contributed by atoms with Crippen LogP contribution in [0.1, 0.15) is 60.1 Å². The van der Waals surface area contributed by atoms with E-state index in [0.29, 0.717) is 23.2 Å². The van der Waals surface area contributed by atoms with Gasteiger partial charge in [0, 0.05) is 34.3 Å². The van der Waals surface area contributed by atoms with Crippen molar-refractivity contribution in [3.63, 3.8) is 0 Å². The number of hydrogen-bond acceptors (Lipinski definition) is 6. The summed E-state index contributed by atoms with van der Waals surface area (Å²) in [6, 6.07) is 1.89. The van der Waals surface area contributed by atoms with Gasteiger partial charge in [-0.05, 0) is 56.9 Å². The van der Waals surface area contributed by atoms with Crippen molar-refractivity contribution in [1.82, 2.24) is 25.3 Å². The SMILES string of the molecule is C[C@H](Nc1nnc(C2CC2)o1)C(=O)N1CCC2(CC1)CC2.[HH].[HH].c1cn[nH]c1. The fraction of sp³-hybridized carbons (Fsp3) is 0.667. The molecule has 1 saturated heterocycles. The summed E-state index contributed by atoms with van der Waals surface area (Å²) in [7, 11) is 0. The summed E-state index contributed by atoms with van der Waals surface area (Å²) in [5, 5.41) is 17.3. The zero-order valence-corrected chi connectivity index (χ0v) is 15.1. The average molecular weight is 362 g/mol. The van der Waals surface area contributed by atoms with Crippen molar-refractivity contribution in [1.29, 1.82) is 0 Å². The average Bonchev–Trinajstić information content (AvgIpc) is 3.51. The predicted molar refractivity (Wildman–Crippen MR) is 99.7 cm³/mol. The number of carbonyl (C=O) groups is 1. The molecule has 26 heavy (non-hydrogen) atoms. The van der Waals surface area contributed by atoms with Crippen molar-refractivity contribution in [2.45, 2.75) is 57.4 Å². The van der Waals surface area contributed by atoms with Crippen LogP contribution in [0.25, 0.3) is 0 Å². The summed E-state index contributed by atoms with van der Waals surface area (Å²) in [4.78, 5) is 14.4. The fourth-order valence-electron chi connectivity index (χ4n) is 3.40. The maximum Gasteiger partial charge on any atom is 0.316 e. The van der Waals surface area contributed by atoms with Crippen molar-refractivity contribution in [3.8, 4) is 0 Å². The standard InChI is InChI=1S/C15H22N4O2.C3H4N2.2H2/c1-10(16-14-18-17-12(21-14)11-2-3-11)13(20)19-8-6-15(4-5-15)7-9-19;1-2-4-5-3-1;;/h10-11H,2-9H2,1H3,(H,16,18);1-3H,(H,4,5);2*1H/t10-;;;/m0.../s1. The topological polar surface area (TPSA) is 99.9 Å². The van der Waals surface area contributed by atoms with Gasteiger partial charge in [0.15, 0.2) is 0 Å². The van der Waals surface area contributed by atoms with Crippen LogP contribution in [0.4, 0.5) is 6.01 Å². The minimum atomic E-state index is -0.314. The Balaban J connectivity index is 0.000000352. The molecule has 144 valence electrons. The van der Waals surface area contributed by atoms with E-state index in [1.807, 2.05) is 17.9 Å². The Morgan fingerprint density at radius 3 is 2.65 bits per heavy atom. The van der Waals surface area contributed by atoms with Gasteiger partial charge < -0.3 is 14.6 Å². The van der Waals surface area contributed by atoms with E-state index in [2.05, 4.69) is 25.7 Å². The molecule has 1 atom stereocenters. The summed E-state index contributed by atoms with van der Waals surface area (Å²) in [6.07, 6.45) is 10.8. The first-order chi connectivity index (χ1) is 12.7. The van der Waals surface area contributed by atoms with Gasteiger partial charge in [-0.1, -0.05) is 5.10 Å². The molecule has 5 rings (SSSR count). The number of piperidine rings is 1. The van der Waals surface area contributed by atoms with Gasteiger partial charge in [-0.2, -0.15) is 5.10 Å². The fourth-order valence-corrected chi connectivity index (χ4v) is 3.40. The Morgan fingerprint density at radius 1 is 1.35 bits per heavy atom. The third-order valence-electron chi connectivity index (χ3n) is 5.58. The van der Waals surface area contributed by atoms with Gasteiger partial charge in [0.25, 0.3) is 0 Å². The van der Waals surface area contributed by atoms with Gasteiger partial charge in [-0.3, -0.25) is 9.89 Å². The number of H-pyrrole nitrogens is 1. The molecule has 3 aliphatic rings. The molecule has 3 heterocycles. The van der Waals surface area contributed by atoms with Crippen LogP contribution < -0.4 is 5.32 Å². The minimum Gasteiger partial charge on any atom is -0.408 e. The van der Waals surface area contributed by atoms with Crippen LogP contribution in [0.2, 0.25) is 0 Å². The number of rotatable bonds is 4. The summed E-state index contributed by atoms with van der Waals surface area (Å²) >= 11 is 0. The lowest BCUT2D eigenvalue weighted by atomic mass is 9.93. The number of anilines is 1. The molecule has 1 amide bonds. The highest BCUT2D eigenvalue weighted by atomic mass is 16.4. The van der Waals surface area contributed by atoms with E-state index in [1.54, 1.807) is 12.4 Å². The Kier molecular flexibility index (Phi) is 4.65. The summed E-state index contributed by atoms with van der Waals surface area (Å²) in [6.45, 7) is 3.65. The molecule has 0 unspecified atom stereocenters. The highest BCUT2D eigenvalue weighted by Gasteiger charge is 2.45. The quantitative estimate of drug-likeness (QED) is 0.867. The smallest absolute Gasteiger partial charge is 0.316 e. The molecular formula is C18H30N6O2. The van der Waals surface area contributed by atoms with Crippen LogP contribution in [0.3, 0.4) is 0 Å². The van der Waals surface area contributed by atoms with Gasteiger partial charge in [0.1, 0.15) is 6.04 Å². The normalized spacial score (nSPS) is 21.7. The van der Waals surface area contributed by atoms with E-state index >= 15 is 0 Å². The molecule has 2 aromatic heterocycles. The van der Waals surface area contributed by atoms with Crippen LogP contribution in [0.5, 0.6) is 0 Å². The lowest BCUT2D eigenvalue weighted by molar-refractivity contribution is -0.133. The molecule has 0 bridgehead atoms. The van der Waals surface area contributed by atoms with E-state index in [-0.39, 0.29) is 14.8 Å². The molecule has 1 spiro atoms. The third kappa shape index (κ3) is 4.05. The first-order valence-electron chi connectivity index (χ1n) is 9.48. The number of hydrogen-bond donors (Lipinski definition) is 2. The molecule has 1 aliphatic heterocycles. The molecule has 8 nitrogen and oxygen atoms in total. The third-order valence-corrected chi connectivity index (χ3v) is 5.58. The van der Waals surface area contributed by atoms with Crippen LogP contribution in [-0.2, 0) is 4.79 Å². The Bertz CT molecular complexity index is 703. The monoisotopic (exact) mass is 362 g/mol. The number of nitrogens with zero attached hydrogens (tertiary/aromatic N) is 4. The summed E-state index contributed by atoms with van der Waals surface area (Å²) < 4.78 is 5.55. The molecule has 2 aromatic rings. The van der Waals surface area contributed by atoms with E-state index in [0.717, 1.165) is 38.8 Å². The van der Waals surface area contributed by atoms with Gasteiger partial charge in [0.05, 0.1) is 0 Å². The second kappa shape index (κ2) is 7.09. The maximum atomic E-state index is 12.5.